The minimum atomic E-state index is -0.739. The fraction of sp³-hybridized carbons (Fsp3) is 0.304. The minimum absolute atomic E-state index is 0.0839. The summed E-state index contributed by atoms with van der Waals surface area (Å²) >= 11 is 0. The van der Waals surface area contributed by atoms with E-state index in [0.29, 0.717) is 18.0 Å². The molecular weight excluding hydrogens is 406 g/mol. The number of fused-ring (bicyclic) bond motifs is 1. The lowest BCUT2D eigenvalue weighted by molar-refractivity contribution is -0.116. The number of ether oxygens (including phenoxy) is 2. The van der Waals surface area contributed by atoms with Crippen LogP contribution < -0.4 is 14.8 Å². The average molecular weight is 428 g/mol. The summed E-state index contributed by atoms with van der Waals surface area (Å²) in [5, 5.41) is 2.85. The molecule has 1 aromatic heterocycles. The second-order valence-electron chi connectivity index (χ2n) is 7.31. The van der Waals surface area contributed by atoms with Gasteiger partial charge in [0.25, 0.3) is 0 Å². The van der Waals surface area contributed by atoms with Gasteiger partial charge in [-0.2, -0.15) is 0 Å². The molecule has 0 aliphatic carbocycles. The van der Waals surface area contributed by atoms with Crippen LogP contribution in [0.25, 0.3) is 11.3 Å². The first kappa shape index (κ1) is 20.8. The number of oxazole rings is 1. The summed E-state index contributed by atoms with van der Waals surface area (Å²) in [4.78, 5) is 16.6. The molecule has 8 heteroatoms. The molecule has 1 N–H and O–H groups in total. The number of nitrogens with zero attached hydrogens (tertiary/aromatic N) is 1. The molecule has 1 aliphatic rings. The van der Waals surface area contributed by atoms with Crippen LogP contribution in [0.5, 0.6) is 11.5 Å². The van der Waals surface area contributed by atoms with Crippen LogP contribution in [0.1, 0.15) is 31.7 Å². The number of nitrogens with one attached hydrogen (secondary N) is 1. The van der Waals surface area contributed by atoms with E-state index in [1.807, 2.05) is 19.9 Å². The monoisotopic (exact) mass is 428 g/mol. The molecule has 0 spiro atoms. The molecule has 2 aromatic carbocycles. The molecule has 0 saturated heterocycles. The smallest absolute Gasteiger partial charge is 0.224 e. The number of halogens is 2. The van der Waals surface area contributed by atoms with Gasteiger partial charge in [0.05, 0.1) is 24.1 Å². The van der Waals surface area contributed by atoms with Gasteiger partial charge in [-0.3, -0.25) is 4.79 Å². The van der Waals surface area contributed by atoms with Crippen LogP contribution in [-0.4, -0.2) is 23.6 Å². The Bertz CT molecular complexity index is 1110. The van der Waals surface area contributed by atoms with Crippen molar-refractivity contribution in [2.75, 3.05) is 11.9 Å². The zero-order valence-corrected chi connectivity index (χ0v) is 17.2. The third-order valence-corrected chi connectivity index (χ3v) is 4.89. The van der Waals surface area contributed by atoms with Crippen molar-refractivity contribution in [1.29, 1.82) is 0 Å². The fourth-order valence-corrected chi connectivity index (χ4v) is 3.48. The molecule has 0 radical (unpaired) electrons. The second kappa shape index (κ2) is 8.75. The van der Waals surface area contributed by atoms with E-state index in [2.05, 4.69) is 10.3 Å². The number of hydrogen-bond acceptors (Lipinski definition) is 5. The zero-order chi connectivity index (χ0) is 22.0. The van der Waals surface area contributed by atoms with Gasteiger partial charge in [0, 0.05) is 37.0 Å². The number of aromatic nitrogens is 1. The molecular formula is C23H22F2N2O4. The Balaban J connectivity index is 1.41. The Hall–Kier alpha value is -3.42. The second-order valence-corrected chi connectivity index (χ2v) is 7.31. The molecule has 3 aromatic rings. The Morgan fingerprint density at radius 2 is 2.13 bits per heavy atom. The lowest BCUT2D eigenvalue weighted by Crippen LogP contribution is -2.13. The van der Waals surface area contributed by atoms with Crippen molar-refractivity contribution in [1.82, 2.24) is 4.98 Å². The van der Waals surface area contributed by atoms with Crippen molar-refractivity contribution in [3.05, 3.63) is 59.6 Å². The minimum Gasteiger partial charge on any atom is -0.492 e. The summed E-state index contributed by atoms with van der Waals surface area (Å²) in [6.45, 7) is 4.33. The molecule has 4 rings (SSSR count). The standard InChI is InChI=1S/C23H22F2N2O4/c1-3-29-20-9-14-8-13(2)30-19(14)11-18(20)27-22(28)6-7-23-26-12-21(31-23)16-5-4-15(24)10-17(16)25/h4-5,9-13H,3,6-8H2,1-2H3,(H,27,28). The average Bonchev–Trinajstić information content (AvgIpc) is 3.32. The van der Waals surface area contributed by atoms with Crippen LogP contribution in [0.2, 0.25) is 0 Å². The summed E-state index contributed by atoms with van der Waals surface area (Å²) in [7, 11) is 0. The first-order valence-corrected chi connectivity index (χ1v) is 10.1. The Morgan fingerprint density at radius 3 is 2.90 bits per heavy atom. The highest BCUT2D eigenvalue weighted by atomic mass is 19.1. The van der Waals surface area contributed by atoms with E-state index < -0.39 is 11.6 Å². The lowest BCUT2D eigenvalue weighted by atomic mass is 10.1. The van der Waals surface area contributed by atoms with Gasteiger partial charge in [0.2, 0.25) is 5.91 Å². The fourth-order valence-electron chi connectivity index (χ4n) is 3.48. The molecule has 31 heavy (non-hydrogen) atoms. The van der Waals surface area contributed by atoms with E-state index in [9.17, 15) is 13.6 Å². The molecule has 1 aliphatic heterocycles. The molecule has 1 atom stereocenters. The molecule has 2 heterocycles. The lowest BCUT2D eigenvalue weighted by Gasteiger charge is -2.13. The zero-order valence-electron chi connectivity index (χ0n) is 17.2. The quantitative estimate of drug-likeness (QED) is 0.579. The van der Waals surface area contributed by atoms with Gasteiger partial charge in [0.1, 0.15) is 29.2 Å². The van der Waals surface area contributed by atoms with Crippen molar-refractivity contribution < 1.29 is 27.5 Å². The largest absolute Gasteiger partial charge is 0.492 e. The van der Waals surface area contributed by atoms with E-state index >= 15 is 0 Å². The number of carbonyl (C=O) groups excluding carboxylic acids is 1. The number of aryl methyl sites for hydroxylation is 1. The maximum Gasteiger partial charge on any atom is 0.224 e. The number of benzene rings is 2. The molecule has 1 amide bonds. The van der Waals surface area contributed by atoms with E-state index in [-0.39, 0.29) is 42.1 Å². The summed E-state index contributed by atoms with van der Waals surface area (Å²) in [6.07, 6.45) is 2.56. The predicted octanol–water partition coefficient (Wildman–Crippen LogP) is 4.91. The van der Waals surface area contributed by atoms with Crippen LogP contribution in [0, 0.1) is 11.6 Å². The van der Waals surface area contributed by atoms with Gasteiger partial charge >= 0.3 is 0 Å². The Labute approximate surface area is 178 Å². The number of hydrogen-bond donors (Lipinski definition) is 1. The molecule has 162 valence electrons. The molecule has 0 fully saturated rings. The van der Waals surface area contributed by atoms with E-state index in [1.165, 1.54) is 12.3 Å². The highest BCUT2D eigenvalue weighted by Gasteiger charge is 2.22. The SMILES string of the molecule is CCOc1cc2c(cc1NC(=O)CCc1ncc(-c3ccc(F)cc3F)o1)OC(C)C2. The van der Waals surface area contributed by atoms with Gasteiger partial charge in [-0.25, -0.2) is 13.8 Å². The van der Waals surface area contributed by atoms with Crippen molar-refractivity contribution in [2.24, 2.45) is 0 Å². The number of carbonyl (C=O) groups is 1. The normalized spacial score (nSPS) is 14.8. The number of amides is 1. The number of anilines is 1. The number of rotatable bonds is 7. The maximum atomic E-state index is 13.9. The van der Waals surface area contributed by atoms with Gasteiger partial charge in [-0.15, -0.1) is 0 Å². The van der Waals surface area contributed by atoms with Crippen molar-refractivity contribution in [2.45, 2.75) is 39.2 Å². The highest BCUT2D eigenvalue weighted by Crippen LogP contribution is 2.38. The summed E-state index contributed by atoms with van der Waals surface area (Å²) < 4.78 is 44.0. The van der Waals surface area contributed by atoms with E-state index in [1.54, 1.807) is 6.07 Å². The first-order valence-electron chi connectivity index (χ1n) is 10.1. The third-order valence-electron chi connectivity index (χ3n) is 4.89. The van der Waals surface area contributed by atoms with Gasteiger partial charge in [0.15, 0.2) is 11.7 Å². The van der Waals surface area contributed by atoms with Crippen LogP contribution >= 0.6 is 0 Å². The first-order chi connectivity index (χ1) is 14.9. The van der Waals surface area contributed by atoms with Crippen LogP contribution in [0.3, 0.4) is 0 Å². The summed E-state index contributed by atoms with van der Waals surface area (Å²) in [5.41, 5.74) is 1.70. The summed E-state index contributed by atoms with van der Waals surface area (Å²) in [5.74, 6) is 0.135. The van der Waals surface area contributed by atoms with Crippen LogP contribution in [0.4, 0.5) is 14.5 Å². The third kappa shape index (κ3) is 4.68. The predicted molar refractivity (Wildman–Crippen MR) is 110 cm³/mol. The van der Waals surface area contributed by atoms with Crippen molar-refractivity contribution in [3.63, 3.8) is 0 Å². The Morgan fingerprint density at radius 1 is 1.29 bits per heavy atom. The molecule has 1 unspecified atom stereocenters. The molecule has 0 saturated carbocycles. The van der Waals surface area contributed by atoms with Gasteiger partial charge in [-0.1, -0.05) is 0 Å². The van der Waals surface area contributed by atoms with Crippen molar-refractivity contribution >= 4 is 11.6 Å². The van der Waals surface area contributed by atoms with E-state index in [0.717, 1.165) is 29.9 Å². The Kier molecular flexibility index (Phi) is 5.88. The van der Waals surface area contributed by atoms with Gasteiger partial charge < -0.3 is 19.2 Å². The molecule has 0 bridgehead atoms. The highest BCUT2D eigenvalue weighted by molar-refractivity contribution is 5.92. The topological polar surface area (TPSA) is 73.6 Å². The van der Waals surface area contributed by atoms with E-state index in [4.69, 9.17) is 13.9 Å². The van der Waals surface area contributed by atoms with Crippen LogP contribution in [-0.2, 0) is 17.6 Å². The summed E-state index contributed by atoms with van der Waals surface area (Å²) in [6, 6.07) is 6.89. The maximum absolute atomic E-state index is 13.9. The van der Waals surface area contributed by atoms with Gasteiger partial charge in [-0.05, 0) is 32.0 Å². The molecule has 6 nitrogen and oxygen atoms in total. The van der Waals surface area contributed by atoms with Crippen LogP contribution in [0.15, 0.2) is 40.9 Å². The van der Waals surface area contributed by atoms with Crippen molar-refractivity contribution in [3.8, 4) is 22.8 Å².